The number of halogens is 1. The third kappa shape index (κ3) is 4.59. The minimum atomic E-state index is -3.54. The lowest BCUT2D eigenvalue weighted by atomic mass is 10.1. The van der Waals surface area contributed by atoms with E-state index in [2.05, 4.69) is 4.72 Å². The fourth-order valence-electron chi connectivity index (χ4n) is 2.61. The van der Waals surface area contributed by atoms with Crippen molar-refractivity contribution in [3.05, 3.63) is 23.8 Å². The largest absolute Gasteiger partial charge is 0.490 e. The second-order valence-electron chi connectivity index (χ2n) is 6.09. The molecule has 0 bridgehead atoms. The van der Waals surface area contributed by atoms with Gasteiger partial charge in [0.15, 0.2) is 0 Å². The highest BCUT2D eigenvalue weighted by Gasteiger charge is 2.24. The van der Waals surface area contributed by atoms with Gasteiger partial charge in [0.05, 0.1) is 4.90 Å². The van der Waals surface area contributed by atoms with Crippen LogP contribution in [-0.4, -0.2) is 27.1 Å². The van der Waals surface area contributed by atoms with Gasteiger partial charge in [0.2, 0.25) is 10.0 Å². The molecule has 0 saturated heterocycles. The summed E-state index contributed by atoms with van der Waals surface area (Å²) in [5.74, 6) is 1.16. The van der Waals surface area contributed by atoms with Gasteiger partial charge in [-0.1, -0.05) is 13.8 Å². The number of rotatable bonds is 6. The summed E-state index contributed by atoms with van der Waals surface area (Å²) < 4.78 is 33.2. The molecule has 2 atom stereocenters. The van der Waals surface area contributed by atoms with Gasteiger partial charge in [-0.15, -0.1) is 12.4 Å². The average Bonchev–Trinajstić information content (AvgIpc) is 2.76. The van der Waals surface area contributed by atoms with Crippen molar-refractivity contribution in [2.45, 2.75) is 50.7 Å². The van der Waals surface area contributed by atoms with Crippen LogP contribution in [0.5, 0.6) is 5.75 Å². The summed E-state index contributed by atoms with van der Waals surface area (Å²) in [5.41, 5.74) is 6.61. The van der Waals surface area contributed by atoms with Gasteiger partial charge in [-0.05, 0) is 43.0 Å². The molecule has 1 aliphatic heterocycles. The van der Waals surface area contributed by atoms with Crippen LogP contribution in [-0.2, 0) is 16.4 Å². The zero-order chi connectivity index (χ0) is 15.6. The highest BCUT2D eigenvalue weighted by atomic mass is 35.5. The Kier molecular flexibility index (Phi) is 6.67. The van der Waals surface area contributed by atoms with Crippen molar-refractivity contribution >= 4 is 22.4 Å². The third-order valence-corrected chi connectivity index (χ3v) is 5.06. The molecule has 1 aromatic rings. The summed E-state index contributed by atoms with van der Waals surface area (Å²) in [7, 11) is -3.54. The van der Waals surface area contributed by atoms with Gasteiger partial charge in [0.25, 0.3) is 0 Å². The molecule has 1 aromatic carbocycles. The van der Waals surface area contributed by atoms with Crippen LogP contribution in [0, 0.1) is 5.92 Å². The van der Waals surface area contributed by atoms with Gasteiger partial charge < -0.3 is 10.5 Å². The lowest BCUT2D eigenvalue weighted by Gasteiger charge is -2.19. The zero-order valence-electron chi connectivity index (χ0n) is 13.2. The monoisotopic (exact) mass is 348 g/mol. The molecular weight excluding hydrogens is 324 g/mol. The van der Waals surface area contributed by atoms with Gasteiger partial charge >= 0.3 is 0 Å². The van der Waals surface area contributed by atoms with Crippen LogP contribution in [0.2, 0.25) is 0 Å². The maximum Gasteiger partial charge on any atom is 0.240 e. The van der Waals surface area contributed by atoms with Crippen molar-refractivity contribution in [2.24, 2.45) is 11.7 Å². The Morgan fingerprint density at radius 2 is 2.09 bits per heavy atom. The maximum absolute atomic E-state index is 12.5. The quantitative estimate of drug-likeness (QED) is 0.824. The number of nitrogens with one attached hydrogen (secondary N) is 1. The summed E-state index contributed by atoms with van der Waals surface area (Å²) >= 11 is 0. The van der Waals surface area contributed by atoms with Crippen LogP contribution >= 0.6 is 12.4 Å². The molecule has 7 heteroatoms. The summed E-state index contributed by atoms with van der Waals surface area (Å²) in [6.07, 6.45) is 1.56. The molecule has 3 N–H and O–H groups in total. The molecule has 0 aliphatic carbocycles. The zero-order valence-corrected chi connectivity index (χ0v) is 14.8. The summed E-state index contributed by atoms with van der Waals surface area (Å²) in [6, 6.07) is 4.78. The van der Waals surface area contributed by atoms with Crippen molar-refractivity contribution in [2.75, 3.05) is 6.54 Å². The van der Waals surface area contributed by atoms with E-state index in [9.17, 15) is 8.42 Å². The first-order chi connectivity index (χ1) is 9.81. The molecule has 0 radical (unpaired) electrons. The first-order valence-corrected chi connectivity index (χ1v) is 8.82. The first-order valence-electron chi connectivity index (χ1n) is 7.33. The van der Waals surface area contributed by atoms with Gasteiger partial charge in [0.1, 0.15) is 11.9 Å². The van der Waals surface area contributed by atoms with E-state index in [4.69, 9.17) is 10.5 Å². The number of fused-ring (bicyclic) bond motifs is 1. The molecule has 0 spiro atoms. The third-order valence-electron chi connectivity index (χ3n) is 3.54. The summed E-state index contributed by atoms with van der Waals surface area (Å²) in [6.45, 7) is 6.36. The fraction of sp³-hybridized carbons (Fsp3) is 0.600. The molecule has 0 fully saturated rings. The number of nitrogens with two attached hydrogens (primary N) is 1. The highest BCUT2D eigenvalue weighted by Crippen LogP contribution is 2.30. The van der Waals surface area contributed by atoms with Crippen molar-refractivity contribution < 1.29 is 13.2 Å². The van der Waals surface area contributed by atoms with Crippen LogP contribution in [0.15, 0.2) is 23.1 Å². The Balaban J connectivity index is 0.00000242. The molecule has 22 heavy (non-hydrogen) atoms. The van der Waals surface area contributed by atoms with E-state index in [1.54, 1.807) is 18.2 Å². The molecule has 126 valence electrons. The van der Waals surface area contributed by atoms with E-state index in [1.807, 2.05) is 20.8 Å². The van der Waals surface area contributed by atoms with Crippen LogP contribution < -0.4 is 15.2 Å². The second-order valence-corrected chi connectivity index (χ2v) is 7.80. The van der Waals surface area contributed by atoms with Gasteiger partial charge in [-0.2, -0.15) is 0 Å². The predicted octanol–water partition coefficient (Wildman–Crippen LogP) is 2.08. The first kappa shape index (κ1) is 19.2. The molecule has 0 amide bonds. The van der Waals surface area contributed by atoms with E-state index in [-0.39, 0.29) is 29.4 Å². The number of hydrogen-bond donors (Lipinski definition) is 2. The molecule has 0 saturated carbocycles. The average molecular weight is 349 g/mol. The number of sulfonamides is 1. The van der Waals surface area contributed by atoms with Gasteiger partial charge in [-0.3, -0.25) is 0 Å². The molecule has 2 unspecified atom stereocenters. The normalized spacial score (nSPS) is 18.5. The summed E-state index contributed by atoms with van der Waals surface area (Å²) in [4.78, 5) is 0.279. The lowest BCUT2D eigenvalue weighted by Crippen LogP contribution is -2.40. The van der Waals surface area contributed by atoms with E-state index in [1.165, 1.54) is 0 Å². The van der Waals surface area contributed by atoms with Crippen LogP contribution in [0.3, 0.4) is 0 Å². The Hall–Kier alpha value is -0.820. The van der Waals surface area contributed by atoms with Gasteiger partial charge in [0, 0.05) is 19.0 Å². The molecule has 1 heterocycles. The van der Waals surface area contributed by atoms with E-state index in [0.717, 1.165) is 24.2 Å². The molecule has 0 aromatic heterocycles. The standard InChI is InChI=1S/C15H24N2O3S.ClH/c1-10(2)6-13(9-16)17-21(18,19)14-4-5-15-12(8-14)7-11(3)20-15;/h4-5,8,10-11,13,17H,6-7,9,16H2,1-3H3;1H. The van der Waals surface area contributed by atoms with Crippen LogP contribution in [0.4, 0.5) is 0 Å². The number of benzene rings is 1. The Labute approximate surface area is 139 Å². The SMILES string of the molecule is CC(C)CC(CN)NS(=O)(=O)c1ccc2c(c1)CC(C)O2.Cl. The smallest absolute Gasteiger partial charge is 0.240 e. The van der Waals surface area contributed by atoms with Crippen LogP contribution in [0.1, 0.15) is 32.8 Å². The second kappa shape index (κ2) is 7.64. The van der Waals surface area contributed by atoms with E-state index in [0.29, 0.717) is 12.5 Å². The van der Waals surface area contributed by atoms with E-state index >= 15 is 0 Å². The summed E-state index contributed by atoms with van der Waals surface area (Å²) in [5, 5.41) is 0. The Morgan fingerprint density at radius 1 is 1.41 bits per heavy atom. The Bertz CT molecular complexity index is 605. The minimum Gasteiger partial charge on any atom is -0.490 e. The Morgan fingerprint density at radius 3 is 2.68 bits per heavy atom. The minimum absolute atomic E-state index is 0. The van der Waals surface area contributed by atoms with Gasteiger partial charge in [-0.25, -0.2) is 13.1 Å². The van der Waals surface area contributed by atoms with Crippen molar-refractivity contribution in [3.63, 3.8) is 0 Å². The van der Waals surface area contributed by atoms with E-state index < -0.39 is 10.0 Å². The fourth-order valence-corrected chi connectivity index (χ4v) is 3.93. The molecule has 5 nitrogen and oxygen atoms in total. The molecular formula is C15H25ClN2O3S. The maximum atomic E-state index is 12.5. The van der Waals surface area contributed by atoms with Crippen molar-refractivity contribution in [1.29, 1.82) is 0 Å². The lowest BCUT2D eigenvalue weighted by molar-refractivity contribution is 0.254. The predicted molar refractivity (Wildman–Crippen MR) is 90.1 cm³/mol. The van der Waals surface area contributed by atoms with Crippen LogP contribution in [0.25, 0.3) is 0 Å². The van der Waals surface area contributed by atoms with Crippen molar-refractivity contribution in [3.8, 4) is 5.75 Å². The molecule has 1 aliphatic rings. The molecule has 2 rings (SSSR count). The topological polar surface area (TPSA) is 81.4 Å². The number of hydrogen-bond acceptors (Lipinski definition) is 4. The highest BCUT2D eigenvalue weighted by molar-refractivity contribution is 7.89. The van der Waals surface area contributed by atoms with Crippen molar-refractivity contribution in [1.82, 2.24) is 4.72 Å². The number of ether oxygens (including phenoxy) is 1.